The highest BCUT2D eigenvalue weighted by molar-refractivity contribution is 5.27. The van der Waals surface area contributed by atoms with Crippen molar-refractivity contribution in [3.05, 3.63) is 29.8 Å². The van der Waals surface area contributed by atoms with Crippen LogP contribution in [0.15, 0.2) is 24.3 Å². The van der Waals surface area contributed by atoms with Crippen molar-refractivity contribution >= 4 is 0 Å². The summed E-state index contributed by atoms with van der Waals surface area (Å²) in [7, 11) is 3.90. The summed E-state index contributed by atoms with van der Waals surface area (Å²) in [6.45, 7) is 2.28. The molecule has 1 fully saturated rings. The van der Waals surface area contributed by atoms with Crippen molar-refractivity contribution in [1.82, 2.24) is 4.90 Å². The minimum Gasteiger partial charge on any atom is -0.497 e. The summed E-state index contributed by atoms with van der Waals surface area (Å²) >= 11 is 0. The zero-order valence-corrected chi connectivity index (χ0v) is 9.57. The Hall–Kier alpha value is -1.02. The second-order valence-corrected chi connectivity index (χ2v) is 4.49. The Morgan fingerprint density at radius 3 is 2.47 bits per heavy atom. The van der Waals surface area contributed by atoms with Crippen molar-refractivity contribution in [2.45, 2.75) is 19.4 Å². The van der Waals surface area contributed by atoms with Gasteiger partial charge in [0.05, 0.1) is 7.11 Å². The van der Waals surface area contributed by atoms with Crippen molar-refractivity contribution in [3.8, 4) is 5.75 Å². The second-order valence-electron chi connectivity index (χ2n) is 4.49. The van der Waals surface area contributed by atoms with Gasteiger partial charge < -0.3 is 9.64 Å². The van der Waals surface area contributed by atoms with E-state index in [1.165, 1.54) is 24.9 Å². The molecule has 0 spiro atoms. The van der Waals surface area contributed by atoms with Gasteiger partial charge >= 0.3 is 0 Å². The van der Waals surface area contributed by atoms with Crippen molar-refractivity contribution in [2.75, 3.05) is 20.7 Å². The van der Waals surface area contributed by atoms with Crippen LogP contribution in [0.25, 0.3) is 0 Å². The largest absolute Gasteiger partial charge is 0.497 e. The van der Waals surface area contributed by atoms with Crippen LogP contribution in [0.3, 0.4) is 0 Å². The first kappa shape index (κ1) is 10.5. The summed E-state index contributed by atoms with van der Waals surface area (Å²) in [6, 6.07) is 8.34. The molecule has 0 atom stereocenters. The number of hydrogen-bond donors (Lipinski definition) is 0. The fourth-order valence-corrected chi connectivity index (χ4v) is 1.85. The third kappa shape index (κ3) is 3.24. The molecule has 1 aliphatic rings. The third-order valence-electron chi connectivity index (χ3n) is 2.88. The minimum absolute atomic E-state index is 0.934. The molecule has 0 radical (unpaired) electrons. The zero-order chi connectivity index (χ0) is 10.7. The normalized spacial score (nSPS) is 15.7. The van der Waals surface area contributed by atoms with Gasteiger partial charge in [0.1, 0.15) is 5.75 Å². The highest BCUT2D eigenvalue weighted by atomic mass is 16.5. The van der Waals surface area contributed by atoms with Gasteiger partial charge in [0, 0.05) is 13.1 Å². The van der Waals surface area contributed by atoms with Crippen LogP contribution in [0.5, 0.6) is 5.75 Å². The van der Waals surface area contributed by atoms with Gasteiger partial charge in [0.15, 0.2) is 0 Å². The van der Waals surface area contributed by atoms with Crippen molar-refractivity contribution in [3.63, 3.8) is 0 Å². The maximum Gasteiger partial charge on any atom is 0.118 e. The van der Waals surface area contributed by atoms with Crippen LogP contribution in [-0.4, -0.2) is 25.6 Å². The Kier molecular flexibility index (Phi) is 3.27. The highest BCUT2D eigenvalue weighted by Crippen LogP contribution is 2.29. The molecule has 1 aromatic rings. The number of methoxy groups -OCH3 is 1. The van der Waals surface area contributed by atoms with Crippen molar-refractivity contribution < 1.29 is 4.74 Å². The van der Waals surface area contributed by atoms with Gasteiger partial charge in [-0.25, -0.2) is 0 Å². The number of nitrogens with zero attached hydrogens (tertiary/aromatic N) is 1. The Morgan fingerprint density at radius 2 is 1.93 bits per heavy atom. The Labute approximate surface area is 91.9 Å². The molecule has 2 rings (SSSR count). The molecule has 82 valence electrons. The summed E-state index contributed by atoms with van der Waals surface area (Å²) in [5.74, 6) is 1.90. The van der Waals surface area contributed by atoms with E-state index in [2.05, 4.69) is 24.1 Å². The van der Waals surface area contributed by atoms with E-state index >= 15 is 0 Å². The average molecular weight is 205 g/mol. The van der Waals surface area contributed by atoms with E-state index in [0.717, 1.165) is 18.2 Å². The average Bonchev–Trinajstić information content (AvgIpc) is 3.03. The molecule has 15 heavy (non-hydrogen) atoms. The first-order chi connectivity index (χ1) is 7.28. The van der Waals surface area contributed by atoms with Gasteiger partial charge in [0.2, 0.25) is 0 Å². The van der Waals surface area contributed by atoms with Gasteiger partial charge in [-0.1, -0.05) is 12.1 Å². The summed E-state index contributed by atoms with van der Waals surface area (Å²) in [5.41, 5.74) is 1.36. The first-order valence-corrected chi connectivity index (χ1v) is 5.59. The Bertz CT molecular complexity index is 303. The van der Waals surface area contributed by atoms with Crippen LogP contribution in [0.2, 0.25) is 0 Å². The van der Waals surface area contributed by atoms with Gasteiger partial charge in [0.25, 0.3) is 0 Å². The monoisotopic (exact) mass is 205 g/mol. The van der Waals surface area contributed by atoms with E-state index < -0.39 is 0 Å². The number of hydrogen-bond acceptors (Lipinski definition) is 2. The molecule has 0 bridgehead atoms. The van der Waals surface area contributed by atoms with Crippen LogP contribution in [0, 0.1) is 5.92 Å². The molecule has 0 N–H and O–H groups in total. The summed E-state index contributed by atoms with van der Waals surface area (Å²) in [5, 5.41) is 0. The topological polar surface area (TPSA) is 12.5 Å². The zero-order valence-electron chi connectivity index (χ0n) is 9.57. The molecular weight excluding hydrogens is 186 g/mol. The standard InChI is InChI=1S/C13H19NO/c1-14(9-11-3-4-11)10-12-5-7-13(15-2)8-6-12/h5-8,11H,3-4,9-10H2,1-2H3. The molecule has 0 aromatic heterocycles. The maximum atomic E-state index is 5.14. The summed E-state index contributed by atoms with van der Waals surface area (Å²) < 4.78 is 5.14. The van der Waals surface area contributed by atoms with Crippen molar-refractivity contribution in [1.29, 1.82) is 0 Å². The SMILES string of the molecule is COc1ccc(CN(C)CC2CC2)cc1. The maximum absolute atomic E-state index is 5.14. The van der Waals surface area contributed by atoms with Gasteiger partial charge in [-0.2, -0.15) is 0 Å². The lowest BCUT2D eigenvalue weighted by Gasteiger charge is -2.16. The molecule has 1 aliphatic carbocycles. The molecule has 0 unspecified atom stereocenters. The van der Waals surface area contributed by atoms with E-state index in [1.54, 1.807) is 7.11 Å². The number of benzene rings is 1. The van der Waals surface area contributed by atoms with Crippen molar-refractivity contribution in [2.24, 2.45) is 5.92 Å². The summed E-state index contributed by atoms with van der Waals surface area (Å²) in [6.07, 6.45) is 2.85. The van der Waals surface area contributed by atoms with Crippen LogP contribution in [0.1, 0.15) is 18.4 Å². The summed E-state index contributed by atoms with van der Waals surface area (Å²) in [4.78, 5) is 2.40. The van der Waals surface area contributed by atoms with E-state index in [0.29, 0.717) is 0 Å². The van der Waals surface area contributed by atoms with Crippen LogP contribution in [0.4, 0.5) is 0 Å². The predicted molar refractivity (Wildman–Crippen MR) is 62.1 cm³/mol. The quantitative estimate of drug-likeness (QED) is 0.732. The minimum atomic E-state index is 0.934. The molecule has 2 nitrogen and oxygen atoms in total. The molecule has 0 heterocycles. The second kappa shape index (κ2) is 4.67. The molecular formula is C13H19NO. The molecule has 1 saturated carbocycles. The fraction of sp³-hybridized carbons (Fsp3) is 0.538. The highest BCUT2D eigenvalue weighted by Gasteiger charge is 2.22. The molecule has 0 aliphatic heterocycles. The van der Waals surface area contributed by atoms with E-state index in [9.17, 15) is 0 Å². The lowest BCUT2D eigenvalue weighted by molar-refractivity contribution is 0.313. The van der Waals surface area contributed by atoms with E-state index in [1.807, 2.05) is 12.1 Å². The van der Waals surface area contributed by atoms with Gasteiger partial charge in [-0.15, -0.1) is 0 Å². The number of ether oxygens (including phenoxy) is 1. The number of rotatable bonds is 5. The Morgan fingerprint density at radius 1 is 1.27 bits per heavy atom. The first-order valence-electron chi connectivity index (χ1n) is 5.59. The van der Waals surface area contributed by atoms with E-state index in [4.69, 9.17) is 4.74 Å². The molecule has 0 saturated heterocycles. The van der Waals surface area contributed by atoms with Gasteiger partial charge in [-0.05, 0) is 43.5 Å². The lowest BCUT2D eigenvalue weighted by Crippen LogP contribution is -2.20. The van der Waals surface area contributed by atoms with Crippen LogP contribution < -0.4 is 4.74 Å². The van der Waals surface area contributed by atoms with E-state index in [-0.39, 0.29) is 0 Å². The van der Waals surface area contributed by atoms with Crippen LogP contribution >= 0.6 is 0 Å². The predicted octanol–water partition coefficient (Wildman–Crippen LogP) is 2.54. The molecule has 0 amide bonds. The van der Waals surface area contributed by atoms with Gasteiger partial charge in [-0.3, -0.25) is 0 Å². The smallest absolute Gasteiger partial charge is 0.118 e. The molecule has 1 aromatic carbocycles. The molecule has 2 heteroatoms. The lowest BCUT2D eigenvalue weighted by atomic mass is 10.2. The Balaban J connectivity index is 1.85. The van der Waals surface area contributed by atoms with Crippen LogP contribution in [-0.2, 0) is 6.54 Å². The third-order valence-corrected chi connectivity index (χ3v) is 2.88. The fourth-order valence-electron chi connectivity index (χ4n) is 1.85.